The van der Waals surface area contributed by atoms with Crippen LogP contribution in [-0.2, 0) is 14.0 Å². The van der Waals surface area contributed by atoms with Crippen LogP contribution in [0.15, 0.2) is 30.3 Å². The Labute approximate surface area is 188 Å². The number of carboxylic acid groups (broad SMARTS) is 1. The van der Waals surface area contributed by atoms with Crippen LogP contribution in [0.3, 0.4) is 0 Å². The molecule has 2 rings (SSSR count). The van der Waals surface area contributed by atoms with Crippen molar-refractivity contribution in [3.05, 3.63) is 35.9 Å². The number of aliphatic carboxylic acids is 1. The summed E-state index contributed by atoms with van der Waals surface area (Å²) in [5.41, 5.74) is 0.0977. The first-order valence-electron chi connectivity index (χ1n) is 11.1. The smallest absolute Gasteiger partial charge is 0.407 e. The highest BCUT2D eigenvalue weighted by molar-refractivity contribution is 6.48. The Morgan fingerprint density at radius 2 is 1.68 bits per heavy atom. The third-order valence-electron chi connectivity index (χ3n) is 5.56. The fourth-order valence-electron chi connectivity index (χ4n) is 4.45. The van der Waals surface area contributed by atoms with E-state index in [-0.39, 0.29) is 29.3 Å². The van der Waals surface area contributed by atoms with Crippen LogP contribution in [0.2, 0.25) is 13.1 Å². The first-order valence-corrected chi connectivity index (χ1v) is 13.9. The van der Waals surface area contributed by atoms with Gasteiger partial charge in [0.1, 0.15) is 5.60 Å². The molecule has 6 nitrogen and oxygen atoms in total. The third kappa shape index (κ3) is 7.35. The van der Waals surface area contributed by atoms with Crippen LogP contribution in [-0.4, -0.2) is 37.9 Å². The van der Waals surface area contributed by atoms with Gasteiger partial charge in [-0.05, 0) is 63.1 Å². The molecule has 7 heteroatoms. The van der Waals surface area contributed by atoms with Crippen molar-refractivity contribution in [2.45, 2.75) is 78.8 Å². The molecule has 0 bridgehead atoms. The van der Waals surface area contributed by atoms with E-state index < -0.39 is 32.7 Å². The van der Waals surface area contributed by atoms with E-state index in [9.17, 15) is 14.7 Å². The number of benzene rings is 1. The summed E-state index contributed by atoms with van der Waals surface area (Å²) in [6, 6.07) is 9.47. The summed E-state index contributed by atoms with van der Waals surface area (Å²) in [7, 11) is -1.49. The minimum Gasteiger partial charge on any atom is -0.481 e. The predicted octanol–water partition coefficient (Wildman–Crippen LogP) is 5.00. The van der Waals surface area contributed by atoms with E-state index >= 15 is 0 Å². The second kappa shape index (κ2) is 9.73. The van der Waals surface area contributed by atoms with Crippen molar-refractivity contribution >= 4 is 21.1 Å². The van der Waals surface area contributed by atoms with Gasteiger partial charge in [0.25, 0.3) is 0 Å². The molecule has 0 spiro atoms. The lowest BCUT2D eigenvalue weighted by atomic mass is 9.70. The number of alkyl carbamates (subject to hydrolysis) is 1. The van der Waals surface area contributed by atoms with Gasteiger partial charge in [0, 0.05) is 0 Å². The van der Waals surface area contributed by atoms with Crippen LogP contribution in [0.5, 0.6) is 0 Å². The molecule has 2 N–H and O–H groups in total. The average molecular weight is 450 g/mol. The maximum Gasteiger partial charge on any atom is 0.407 e. The normalized spacial score (nSPS) is 21.8. The number of hydrogen-bond acceptors (Lipinski definition) is 4. The molecule has 1 fully saturated rings. The second-order valence-corrected chi connectivity index (χ2v) is 13.3. The maximum absolute atomic E-state index is 12.9. The molecule has 5 unspecified atom stereocenters. The number of carbonyl (C=O) groups excluding carboxylic acids is 1. The Hall–Kier alpha value is -1.86. The highest BCUT2D eigenvalue weighted by atomic mass is 28.3. The second-order valence-electron chi connectivity index (χ2n) is 10.9. The molecular formula is C24H39NO5Si. The Kier molecular flexibility index (Phi) is 7.98. The summed E-state index contributed by atoms with van der Waals surface area (Å²) in [5.74, 6) is -1.29. The zero-order chi connectivity index (χ0) is 23.6. The SMILES string of the molecule is C[SiH](C)OC(c1ccccc1)C(NC(=O)OC(C)(C)C)C(C1CC1C(=O)O)C(C)(C)C. The molecule has 1 aliphatic rings. The van der Waals surface area contributed by atoms with Crippen molar-refractivity contribution in [2.75, 3.05) is 0 Å². The molecule has 0 radical (unpaired) electrons. The van der Waals surface area contributed by atoms with E-state index in [2.05, 4.69) is 39.2 Å². The van der Waals surface area contributed by atoms with Crippen molar-refractivity contribution in [1.82, 2.24) is 5.32 Å². The molecule has 0 aromatic heterocycles. The predicted molar refractivity (Wildman–Crippen MR) is 124 cm³/mol. The van der Waals surface area contributed by atoms with Crippen molar-refractivity contribution in [1.29, 1.82) is 0 Å². The molecule has 1 aliphatic carbocycles. The zero-order valence-electron chi connectivity index (χ0n) is 20.1. The van der Waals surface area contributed by atoms with Crippen LogP contribution >= 0.6 is 0 Å². The molecule has 1 amide bonds. The summed E-state index contributed by atoms with van der Waals surface area (Å²) in [5, 5.41) is 12.7. The van der Waals surface area contributed by atoms with Gasteiger partial charge in [0.2, 0.25) is 0 Å². The number of nitrogens with one attached hydrogen (secondary N) is 1. The Morgan fingerprint density at radius 3 is 2.10 bits per heavy atom. The lowest BCUT2D eigenvalue weighted by molar-refractivity contribution is -0.139. The Balaban J connectivity index is 2.51. The molecule has 5 atom stereocenters. The van der Waals surface area contributed by atoms with E-state index in [1.807, 2.05) is 51.1 Å². The van der Waals surface area contributed by atoms with Gasteiger partial charge in [-0.25, -0.2) is 4.79 Å². The minimum atomic E-state index is -1.49. The van der Waals surface area contributed by atoms with E-state index in [0.29, 0.717) is 6.42 Å². The van der Waals surface area contributed by atoms with Crippen LogP contribution in [0.4, 0.5) is 4.79 Å². The van der Waals surface area contributed by atoms with Crippen molar-refractivity contribution in [2.24, 2.45) is 23.2 Å². The molecule has 0 heterocycles. The van der Waals surface area contributed by atoms with Crippen LogP contribution in [0.1, 0.15) is 59.6 Å². The molecule has 0 aliphatic heterocycles. The topological polar surface area (TPSA) is 84.9 Å². The first kappa shape index (κ1) is 25.4. The van der Waals surface area contributed by atoms with Crippen molar-refractivity contribution < 1.29 is 23.9 Å². The quantitative estimate of drug-likeness (QED) is 0.545. The maximum atomic E-state index is 12.9. The van der Waals surface area contributed by atoms with Gasteiger partial charge in [0.15, 0.2) is 9.04 Å². The fourth-order valence-corrected chi connectivity index (χ4v) is 5.36. The zero-order valence-corrected chi connectivity index (χ0v) is 21.3. The van der Waals surface area contributed by atoms with Crippen molar-refractivity contribution in [3.8, 4) is 0 Å². The molecular weight excluding hydrogens is 410 g/mol. The summed E-state index contributed by atoms with van der Waals surface area (Å²) < 4.78 is 12.1. The number of amides is 1. The van der Waals surface area contributed by atoms with Crippen molar-refractivity contribution in [3.63, 3.8) is 0 Å². The molecule has 31 heavy (non-hydrogen) atoms. The van der Waals surface area contributed by atoms with E-state index in [1.165, 1.54) is 0 Å². The number of carbonyl (C=O) groups is 2. The van der Waals surface area contributed by atoms with Gasteiger partial charge in [-0.3, -0.25) is 4.79 Å². The van der Waals surface area contributed by atoms with E-state index in [1.54, 1.807) is 0 Å². The van der Waals surface area contributed by atoms with Gasteiger partial charge < -0.3 is 19.6 Å². The number of rotatable bonds is 8. The lowest BCUT2D eigenvalue weighted by Crippen LogP contribution is -2.52. The van der Waals surface area contributed by atoms with Gasteiger partial charge in [-0.15, -0.1) is 0 Å². The lowest BCUT2D eigenvalue weighted by Gasteiger charge is -2.42. The van der Waals surface area contributed by atoms with Gasteiger partial charge >= 0.3 is 12.1 Å². The first-order chi connectivity index (χ1) is 14.2. The summed E-state index contributed by atoms with van der Waals surface area (Å²) >= 11 is 0. The van der Waals surface area contributed by atoms with Gasteiger partial charge in [-0.2, -0.15) is 0 Å². The van der Waals surface area contributed by atoms with E-state index in [0.717, 1.165) is 5.56 Å². The molecule has 0 saturated heterocycles. The van der Waals surface area contributed by atoms with Crippen LogP contribution in [0.25, 0.3) is 0 Å². The number of ether oxygens (including phenoxy) is 1. The van der Waals surface area contributed by atoms with Crippen LogP contribution < -0.4 is 5.32 Å². The molecule has 174 valence electrons. The van der Waals surface area contributed by atoms with E-state index in [4.69, 9.17) is 9.16 Å². The van der Waals surface area contributed by atoms with Gasteiger partial charge in [-0.1, -0.05) is 51.1 Å². The monoisotopic (exact) mass is 449 g/mol. The number of hydrogen-bond donors (Lipinski definition) is 2. The fraction of sp³-hybridized carbons (Fsp3) is 0.667. The largest absolute Gasteiger partial charge is 0.481 e. The summed E-state index contributed by atoms with van der Waals surface area (Å²) in [6.07, 6.45) is -0.265. The summed E-state index contributed by atoms with van der Waals surface area (Å²) in [6.45, 7) is 16.0. The third-order valence-corrected chi connectivity index (χ3v) is 6.40. The van der Waals surface area contributed by atoms with Crippen LogP contribution in [0, 0.1) is 23.2 Å². The number of carboxylic acids is 1. The highest BCUT2D eigenvalue weighted by Gasteiger charge is 2.55. The molecule has 1 saturated carbocycles. The Morgan fingerprint density at radius 1 is 1.10 bits per heavy atom. The molecule has 1 aromatic carbocycles. The minimum absolute atomic E-state index is 0.0268. The Bertz CT molecular complexity index is 753. The molecule has 1 aromatic rings. The standard InChI is InChI=1S/C24H39NO5Si/c1-23(2,3)18(16-14-17(16)21(26)27)19(25-22(28)29-24(4,5)6)20(30-31(7)8)15-12-10-9-11-13-15/h9-13,16-20,31H,14H2,1-8H3,(H,25,28)(H,26,27). The highest BCUT2D eigenvalue weighted by Crippen LogP contribution is 2.54. The summed E-state index contributed by atoms with van der Waals surface area (Å²) in [4.78, 5) is 24.6. The average Bonchev–Trinajstić information content (AvgIpc) is 3.37. The van der Waals surface area contributed by atoms with Gasteiger partial charge in [0.05, 0.1) is 18.1 Å².